The Balaban J connectivity index is 2.28. The summed E-state index contributed by atoms with van der Waals surface area (Å²) in [6, 6.07) is 9.95. The molecule has 0 bridgehead atoms. The molecule has 90 valence electrons. The summed E-state index contributed by atoms with van der Waals surface area (Å²) in [5.41, 5.74) is 1.65. The van der Waals surface area contributed by atoms with Crippen molar-refractivity contribution >= 4 is 0 Å². The summed E-state index contributed by atoms with van der Waals surface area (Å²) >= 11 is 0. The Bertz CT molecular complexity index is 476. The van der Waals surface area contributed by atoms with Crippen LogP contribution in [-0.4, -0.2) is 26.7 Å². The van der Waals surface area contributed by atoms with Crippen molar-refractivity contribution in [3.63, 3.8) is 0 Å². The van der Waals surface area contributed by atoms with Crippen LogP contribution in [0.15, 0.2) is 36.5 Å². The van der Waals surface area contributed by atoms with Gasteiger partial charge in [0.2, 0.25) is 0 Å². The zero-order valence-electron chi connectivity index (χ0n) is 10.2. The number of nitrogens with zero attached hydrogens (tertiary/aromatic N) is 3. The van der Waals surface area contributed by atoms with Crippen LogP contribution in [0, 0.1) is 0 Å². The molecule has 1 aromatic heterocycles. The van der Waals surface area contributed by atoms with E-state index >= 15 is 0 Å². The minimum Gasteiger partial charge on any atom is -0.396 e. The monoisotopic (exact) mass is 231 g/mol. The molecule has 0 saturated heterocycles. The van der Waals surface area contributed by atoms with E-state index in [1.54, 1.807) is 11.0 Å². The van der Waals surface area contributed by atoms with E-state index in [4.69, 9.17) is 5.11 Å². The second-order valence-corrected chi connectivity index (χ2v) is 4.67. The van der Waals surface area contributed by atoms with Gasteiger partial charge in [0.05, 0.1) is 11.7 Å². The summed E-state index contributed by atoms with van der Waals surface area (Å²) in [7, 11) is 0. The maximum atomic E-state index is 9.02. The van der Waals surface area contributed by atoms with E-state index in [1.165, 1.54) is 0 Å². The van der Waals surface area contributed by atoms with Gasteiger partial charge in [-0.05, 0) is 20.3 Å². The molecule has 17 heavy (non-hydrogen) atoms. The van der Waals surface area contributed by atoms with Crippen LogP contribution < -0.4 is 0 Å². The number of benzene rings is 1. The first kappa shape index (κ1) is 11.8. The van der Waals surface area contributed by atoms with E-state index in [0.29, 0.717) is 6.42 Å². The van der Waals surface area contributed by atoms with Crippen molar-refractivity contribution in [1.29, 1.82) is 0 Å². The lowest BCUT2D eigenvalue weighted by molar-refractivity contribution is 0.186. The van der Waals surface area contributed by atoms with Crippen LogP contribution >= 0.6 is 0 Å². The molecule has 4 nitrogen and oxygen atoms in total. The summed E-state index contributed by atoms with van der Waals surface area (Å²) in [5, 5.41) is 17.8. The predicted molar refractivity (Wildman–Crippen MR) is 66.5 cm³/mol. The van der Waals surface area contributed by atoms with Gasteiger partial charge in [-0.1, -0.05) is 30.3 Å². The number of aliphatic hydroxyl groups excluding tert-OH is 1. The molecule has 4 heteroatoms. The van der Waals surface area contributed by atoms with E-state index in [1.807, 2.05) is 44.2 Å². The van der Waals surface area contributed by atoms with Gasteiger partial charge >= 0.3 is 0 Å². The molecule has 2 aromatic rings. The molecule has 1 heterocycles. The van der Waals surface area contributed by atoms with Crippen LogP contribution in [0.3, 0.4) is 0 Å². The fourth-order valence-electron chi connectivity index (χ4n) is 1.67. The fraction of sp³-hybridized carbons (Fsp3) is 0.385. The highest BCUT2D eigenvalue weighted by molar-refractivity contribution is 5.56. The normalized spacial score (nSPS) is 11.7. The van der Waals surface area contributed by atoms with Crippen molar-refractivity contribution in [2.24, 2.45) is 0 Å². The zero-order valence-corrected chi connectivity index (χ0v) is 10.2. The Morgan fingerprint density at radius 1 is 1.24 bits per heavy atom. The number of hydrogen-bond donors (Lipinski definition) is 1. The van der Waals surface area contributed by atoms with Crippen LogP contribution in [-0.2, 0) is 5.54 Å². The van der Waals surface area contributed by atoms with Gasteiger partial charge in [0.25, 0.3) is 0 Å². The maximum Gasteiger partial charge on any atom is 0.113 e. The molecule has 1 aromatic carbocycles. The van der Waals surface area contributed by atoms with Gasteiger partial charge in [-0.3, -0.25) is 0 Å². The number of aromatic nitrogens is 3. The third-order valence-corrected chi connectivity index (χ3v) is 2.83. The first-order valence-corrected chi connectivity index (χ1v) is 5.72. The summed E-state index contributed by atoms with van der Waals surface area (Å²) < 4.78 is 0. The molecule has 0 amide bonds. The van der Waals surface area contributed by atoms with Crippen molar-refractivity contribution < 1.29 is 5.11 Å². The van der Waals surface area contributed by atoms with Gasteiger partial charge in [-0.15, -0.1) is 0 Å². The van der Waals surface area contributed by atoms with Crippen LogP contribution in [0.2, 0.25) is 0 Å². The van der Waals surface area contributed by atoms with Gasteiger partial charge in [-0.25, -0.2) is 0 Å². The summed E-state index contributed by atoms with van der Waals surface area (Å²) in [6.45, 7) is 4.16. The van der Waals surface area contributed by atoms with E-state index in [9.17, 15) is 0 Å². The molecule has 2 rings (SSSR count). The molecular weight excluding hydrogens is 214 g/mol. The van der Waals surface area contributed by atoms with Crippen LogP contribution in [0.1, 0.15) is 20.3 Å². The Morgan fingerprint density at radius 3 is 2.59 bits per heavy atom. The number of hydrogen-bond acceptors (Lipinski definition) is 3. The van der Waals surface area contributed by atoms with E-state index in [2.05, 4.69) is 10.2 Å². The van der Waals surface area contributed by atoms with Gasteiger partial charge < -0.3 is 5.11 Å². The first-order chi connectivity index (χ1) is 8.13. The van der Waals surface area contributed by atoms with Gasteiger partial charge in [-0.2, -0.15) is 15.0 Å². The fourth-order valence-corrected chi connectivity index (χ4v) is 1.67. The average molecular weight is 231 g/mol. The second-order valence-electron chi connectivity index (χ2n) is 4.67. The lowest BCUT2D eigenvalue weighted by atomic mass is 10.0. The Kier molecular flexibility index (Phi) is 3.24. The van der Waals surface area contributed by atoms with Crippen molar-refractivity contribution in [2.75, 3.05) is 6.61 Å². The molecule has 1 N–H and O–H groups in total. The summed E-state index contributed by atoms with van der Waals surface area (Å²) in [5.74, 6) is 0. The van der Waals surface area contributed by atoms with Crippen molar-refractivity contribution in [1.82, 2.24) is 15.0 Å². The molecule has 0 fully saturated rings. The van der Waals surface area contributed by atoms with Gasteiger partial charge in [0, 0.05) is 12.2 Å². The molecule has 0 radical (unpaired) electrons. The first-order valence-electron chi connectivity index (χ1n) is 5.72. The lowest BCUT2D eigenvalue weighted by Crippen LogP contribution is -2.29. The Labute approximate surface area is 101 Å². The SMILES string of the molecule is CC(C)(CCO)n1ncc(-c2ccccc2)n1. The highest BCUT2D eigenvalue weighted by Gasteiger charge is 2.22. The third kappa shape index (κ3) is 2.53. The molecule has 0 aliphatic carbocycles. The van der Waals surface area contributed by atoms with Crippen molar-refractivity contribution in [3.05, 3.63) is 36.5 Å². The number of rotatable bonds is 4. The van der Waals surface area contributed by atoms with Crippen LogP contribution in [0.25, 0.3) is 11.3 Å². The summed E-state index contributed by atoms with van der Waals surface area (Å²) in [6.07, 6.45) is 2.39. The highest BCUT2D eigenvalue weighted by Crippen LogP contribution is 2.20. The molecular formula is C13H17N3O. The van der Waals surface area contributed by atoms with Gasteiger partial charge in [0.1, 0.15) is 5.69 Å². The van der Waals surface area contributed by atoms with Crippen molar-refractivity contribution in [2.45, 2.75) is 25.8 Å². The molecule has 0 atom stereocenters. The Hall–Kier alpha value is -1.68. The van der Waals surface area contributed by atoms with E-state index in [0.717, 1.165) is 11.3 Å². The van der Waals surface area contributed by atoms with Crippen LogP contribution in [0.4, 0.5) is 0 Å². The minimum atomic E-state index is -0.262. The molecule has 0 saturated carbocycles. The van der Waals surface area contributed by atoms with E-state index < -0.39 is 0 Å². The maximum absolute atomic E-state index is 9.02. The Morgan fingerprint density at radius 2 is 1.94 bits per heavy atom. The quantitative estimate of drug-likeness (QED) is 0.876. The largest absolute Gasteiger partial charge is 0.396 e. The molecule has 0 spiro atoms. The van der Waals surface area contributed by atoms with Crippen LogP contribution in [0.5, 0.6) is 0 Å². The molecule has 0 aliphatic rings. The third-order valence-electron chi connectivity index (χ3n) is 2.83. The smallest absolute Gasteiger partial charge is 0.113 e. The van der Waals surface area contributed by atoms with Gasteiger partial charge in [0.15, 0.2) is 0 Å². The summed E-state index contributed by atoms with van der Waals surface area (Å²) in [4.78, 5) is 1.67. The predicted octanol–water partition coefficient (Wildman–Crippen LogP) is 2.06. The standard InChI is InChI=1S/C13H17N3O/c1-13(2,8-9-17)16-14-10-12(15-16)11-6-4-3-5-7-11/h3-7,10,17H,8-9H2,1-2H3. The topological polar surface area (TPSA) is 50.9 Å². The zero-order chi connectivity index (χ0) is 12.3. The minimum absolute atomic E-state index is 0.134. The van der Waals surface area contributed by atoms with Crippen molar-refractivity contribution in [3.8, 4) is 11.3 Å². The van der Waals surface area contributed by atoms with E-state index in [-0.39, 0.29) is 12.1 Å². The molecule has 0 unspecified atom stereocenters. The molecule has 0 aliphatic heterocycles. The highest BCUT2D eigenvalue weighted by atomic mass is 16.3. The lowest BCUT2D eigenvalue weighted by Gasteiger charge is -2.22. The second kappa shape index (κ2) is 4.67. The average Bonchev–Trinajstić information content (AvgIpc) is 2.80. The number of aliphatic hydroxyl groups is 1.